The van der Waals surface area contributed by atoms with Crippen molar-refractivity contribution in [3.8, 4) is 0 Å². The lowest BCUT2D eigenvalue weighted by Crippen LogP contribution is -2.43. The van der Waals surface area contributed by atoms with E-state index in [-0.39, 0.29) is 16.6 Å². The molecule has 0 saturated carbocycles. The lowest BCUT2D eigenvalue weighted by atomic mass is 10.1. The van der Waals surface area contributed by atoms with Crippen molar-refractivity contribution in [3.63, 3.8) is 0 Å². The third kappa shape index (κ3) is 2.91. The summed E-state index contributed by atoms with van der Waals surface area (Å²) in [5, 5.41) is 11.3. The van der Waals surface area contributed by atoms with E-state index in [9.17, 15) is 18.5 Å². The highest BCUT2D eigenvalue weighted by Crippen LogP contribution is 2.35. The molecule has 0 amide bonds. The van der Waals surface area contributed by atoms with Crippen molar-refractivity contribution in [2.45, 2.75) is 23.8 Å². The Morgan fingerprint density at radius 3 is 2.70 bits per heavy atom. The van der Waals surface area contributed by atoms with E-state index in [0.717, 1.165) is 19.1 Å². The summed E-state index contributed by atoms with van der Waals surface area (Å²) >= 11 is 0. The van der Waals surface area contributed by atoms with Crippen LogP contribution in [0.4, 0.5) is 11.4 Å². The molecule has 0 bridgehead atoms. The Bertz CT molecular complexity index is 630. The number of hydrogen-bond acceptors (Lipinski definition) is 6. The Balaban J connectivity index is 2.56. The van der Waals surface area contributed by atoms with Gasteiger partial charge >= 0.3 is 5.69 Å². The average molecular weight is 299 g/mol. The summed E-state index contributed by atoms with van der Waals surface area (Å²) in [6, 6.07) is 4.31. The van der Waals surface area contributed by atoms with Gasteiger partial charge in [0.2, 0.25) is 0 Å². The van der Waals surface area contributed by atoms with E-state index < -0.39 is 14.8 Å². The van der Waals surface area contributed by atoms with E-state index in [4.69, 9.17) is 5.73 Å². The van der Waals surface area contributed by atoms with E-state index >= 15 is 0 Å². The molecule has 110 valence electrons. The van der Waals surface area contributed by atoms with Crippen LogP contribution < -0.4 is 10.6 Å². The topological polar surface area (TPSA) is 107 Å². The van der Waals surface area contributed by atoms with E-state index in [0.29, 0.717) is 18.8 Å². The minimum Gasteiger partial charge on any atom is -0.364 e. The lowest BCUT2D eigenvalue weighted by molar-refractivity contribution is -0.387. The molecule has 1 aliphatic rings. The number of sulfone groups is 1. The lowest BCUT2D eigenvalue weighted by Gasteiger charge is -2.32. The summed E-state index contributed by atoms with van der Waals surface area (Å²) in [4.78, 5) is 12.2. The van der Waals surface area contributed by atoms with Crippen LogP contribution in [-0.4, -0.2) is 38.7 Å². The number of nitro benzene ring substituents is 1. The largest absolute Gasteiger partial charge is 0.364 e. The number of nitrogens with zero attached hydrogens (tertiary/aromatic N) is 2. The second kappa shape index (κ2) is 5.37. The van der Waals surface area contributed by atoms with Gasteiger partial charge in [-0.05, 0) is 25.0 Å². The molecule has 1 fully saturated rings. The zero-order valence-electron chi connectivity index (χ0n) is 11.2. The zero-order chi connectivity index (χ0) is 14.9. The fraction of sp³-hybridized carbons (Fsp3) is 0.500. The molecule has 8 heteroatoms. The van der Waals surface area contributed by atoms with Gasteiger partial charge in [0.15, 0.2) is 9.84 Å². The summed E-state index contributed by atoms with van der Waals surface area (Å²) < 4.78 is 23.4. The van der Waals surface area contributed by atoms with Crippen molar-refractivity contribution in [3.05, 3.63) is 28.3 Å². The van der Waals surface area contributed by atoms with E-state index in [2.05, 4.69) is 0 Å². The molecule has 1 atom stereocenters. The predicted octanol–water partition coefficient (Wildman–Crippen LogP) is 0.926. The third-order valence-corrected chi connectivity index (χ3v) is 4.49. The van der Waals surface area contributed by atoms with Crippen molar-refractivity contribution < 1.29 is 13.3 Å². The predicted molar refractivity (Wildman–Crippen MR) is 75.6 cm³/mol. The Hall–Kier alpha value is -1.67. The molecular weight excluding hydrogens is 282 g/mol. The molecule has 1 aromatic rings. The summed E-state index contributed by atoms with van der Waals surface area (Å²) in [5.74, 6) is 0. The standard InChI is InChI=1S/C12H17N3O4S/c1-20(18,19)11-6-2-5-10(12(11)15(16)17)14-7-3-4-9(13)8-14/h2,5-6,9H,3-4,7-8,13H2,1H3/t9-/m1/s1. The molecule has 1 aliphatic heterocycles. The SMILES string of the molecule is CS(=O)(=O)c1cccc(N2CCC[C@@H](N)C2)c1[N+](=O)[O-]. The first-order chi connectivity index (χ1) is 9.30. The maximum atomic E-state index is 11.7. The van der Waals surface area contributed by atoms with Gasteiger partial charge in [-0.1, -0.05) is 6.07 Å². The van der Waals surface area contributed by atoms with Crippen LogP contribution in [0, 0.1) is 10.1 Å². The summed E-state index contributed by atoms with van der Waals surface area (Å²) in [6.45, 7) is 1.13. The molecule has 0 spiro atoms. The number of nitrogens with two attached hydrogens (primary N) is 1. The van der Waals surface area contributed by atoms with Crippen LogP contribution in [0.2, 0.25) is 0 Å². The molecule has 2 N–H and O–H groups in total. The molecule has 0 radical (unpaired) electrons. The normalized spacial score (nSPS) is 19.9. The Morgan fingerprint density at radius 1 is 1.45 bits per heavy atom. The van der Waals surface area contributed by atoms with Crippen LogP contribution in [0.5, 0.6) is 0 Å². The average Bonchev–Trinajstić information content (AvgIpc) is 2.36. The number of para-hydroxylation sites is 1. The first-order valence-corrected chi connectivity index (χ1v) is 8.18. The molecule has 0 unspecified atom stereocenters. The molecule has 0 aliphatic carbocycles. The van der Waals surface area contributed by atoms with E-state index in [1.54, 1.807) is 11.0 Å². The molecule has 0 aromatic heterocycles. The van der Waals surface area contributed by atoms with Gasteiger partial charge in [0.1, 0.15) is 10.6 Å². The Labute approximate surface area is 117 Å². The Morgan fingerprint density at radius 2 is 2.15 bits per heavy atom. The number of piperidine rings is 1. The van der Waals surface area contributed by atoms with E-state index in [1.165, 1.54) is 12.1 Å². The number of nitro groups is 1. The van der Waals surface area contributed by atoms with Gasteiger partial charge in [-0.2, -0.15) is 0 Å². The van der Waals surface area contributed by atoms with Gasteiger partial charge in [-0.15, -0.1) is 0 Å². The van der Waals surface area contributed by atoms with Crippen LogP contribution in [-0.2, 0) is 9.84 Å². The number of hydrogen-bond donors (Lipinski definition) is 1. The van der Waals surface area contributed by atoms with Gasteiger partial charge in [0, 0.05) is 25.4 Å². The summed E-state index contributed by atoms with van der Waals surface area (Å²) in [7, 11) is -3.65. The summed E-state index contributed by atoms with van der Waals surface area (Å²) in [5.41, 5.74) is 5.85. The first-order valence-electron chi connectivity index (χ1n) is 6.28. The molecule has 1 heterocycles. The van der Waals surface area contributed by atoms with Gasteiger partial charge in [-0.25, -0.2) is 8.42 Å². The van der Waals surface area contributed by atoms with Gasteiger partial charge in [0.05, 0.1) is 4.92 Å². The molecule has 20 heavy (non-hydrogen) atoms. The van der Waals surface area contributed by atoms with Crippen LogP contribution in [0.15, 0.2) is 23.1 Å². The van der Waals surface area contributed by atoms with Crippen molar-refractivity contribution in [1.29, 1.82) is 0 Å². The number of anilines is 1. The molecule has 1 saturated heterocycles. The van der Waals surface area contributed by atoms with Crippen molar-refractivity contribution >= 4 is 21.2 Å². The molecular formula is C12H17N3O4S. The minimum absolute atomic E-state index is 0.0507. The fourth-order valence-corrected chi connectivity index (χ4v) is 3.33. The smallest absolute Gasteiger partial charge is 0.311 e. The zero-order valence-corrected chi connectivity index (χ0v) is 12.0. The van der Waals surface area contributed by atoms with Crippen LogP contribution in [0.1, 0.15) is 12.8 Å². The van der Waals surface area contributed by atoms with Crippen LogP contribution >= 0.6 is 0 Å². The number of rotatable bonds is 3. The maximum Gasteiger partial charge on any atom is 0.311 e. The van der Waals surface area contributed by atoms with Crippen LogP contribution in [0.3, 0.4) is 0 Å². The van der Waals surface area contributed by atoms with Crippen molar-refractivity contribution in [2.75, 3.05) is 24.2 Å². The Kier molecular flexibility index (Phi) is 3.96. The highest BCUT2D eigenvalue weighted by Gasteiger charge is 2.30. The van der Waals surface area contributed by atoms with Crippen molar-refractivity contribution in [1.82, 2.24) is 0 Å². The quantitative estimate of drug-likeness (QED) is 0.657. The first kappa shape index (κ1) is 14.7. The molecule has 1 aromatic carbocycles. The van der Waals surface area contributed by atoms with Gasteiger partial charge < -0.3 is 10.6 Å². The number of benzene rings is 1. The summed E-state index contributed by atoms with van der Waals surface area (Å²) in [6.07, 6.45) is 2.68. The monoisotopic (exact) mass is 299 g/mol. The third-order valence-electron chi connectivity index (χ3n) is 3.36. The van der Waals surface area contributed by atoms with E-state index in [1.807, 2.05) is 0 Å². The second-order valence-corrected chi connectivity index (χ2v) is 6.99. The molecule has 2 rings (SSSR count). The highest BCUT2D eigenvalue weighted by molar-refractivity contribution is 7.90. The molecule has 7 nitrogen and oxygen atoms in total. The highest BCUT2D eigenvalue weighted by atomic mass is 32.2. The maximum absolute atomic E-state index is 11.7. The van der Waals surface area contributed by atoms with Crippen molar-refractivity contribution in [2.24, 2.45) is 5.73 Å². The van der Waals surface area contributed by atoms with Gasteiger partial charge in [0.25, 0.3) is 0 Å². The minimum atomic E-state index is -3.65. The fourth-order valence-electron chi connectivity index (χ4n) is 2.48. The van der Waals surface area contributed by atoms with Crippen LogP contribution in [0.25, 0.3) is 0 Å². The van der Waals surface area contributed by atoms with Gasteiger partial charge in [-0.3, -0.25) is 10.1 Å². The second-order valence-electron chi connectivity index (χ2n) is 5.00.